The Morgan fingerprint density at radius 1 is 1.09 bits per heavy atom. The molecular formula is C34H37F3N2O4. The minimum absolute atomic E-state index is 0.0228. The number of hydrogen-bond acceptors (Lipinski definition) is 6. The van der Waals surface area contributed by atoms with Gasteiger partial charge in [0.25, 0.3) is 0 Å². The first-order valence-corrected chi connectivity index (χ1v) is 14.6. The Morgan fingerprint density at radius 2 is 1.84 bits per heavy atom. The highest BCUT2D eigenvalue weighted by Crippen LogP contribution is 2.50. The molecule has 0 bridgehead atoms. The van der Waals surface area contributed by atoms with Crippen LogP contribution in [0, 0.1) is 11.6 Å². The molecule has 0 N–H and O–H groups in total. The van der Waals surface area contributed by atoms with Crippen LogP contribution in [-0.2, 0) is 33.9 Å². The van der Waals surface area contributed by atoms with E-state index in [4.69, 9.17) is 14.2 Å². The highest BCUT2D eigenvalue weighted by atomic mass is 19.1. The average molecular weight is 595 g/mol. The molecule has 43 heavy (non-hydrogen) atoms. The zero-order chi connectivity index (χ0) is 30.7. The molecule has 0 unspecified atom stereocenters. The van der Waals surface area contributed by atoms with E-state index >= 15 is 13.2 Å². The molecule has 1 aromatic heterocycles. The van der Waals surface area contributed by atoms with Crippen molar-refractivity contribution in [3.05, 3.63) is 99.9 Å². The van der Waals surface area contributed by atoms with Crippen LogP contribution < -0.4 is 4.74 Å². The Morgan fingerprint density at radius 3 is 2.56 bits per heavy atom. The molecule has 2 atom stereocenters. The van der Waals surface area contributed by atoms with Gasteiger partial charge in [0, 0.05) is 36.5 Å². The molecule has 228 valence electrons. The van der Waals surface area contributed by atoms with Crippen molar-refractivity contribution in [2.45, 2.75) is 71.5 Å². The van der Waals surface area contributed by atoms with Crippen molar-refractivity contribution >= 4 is 11.5 Å². The fourth-order valence-electron chi connectivity index (χ4n) is 6.06. The molecule has 0 radical (unpaired) electrons. The number of hydrogen-bond donors (Lipinski definition) is 0. The van der Waals surface area contributed by atoms with Gasteiger partial charge in [0.2, 0.25) is 0 Å². The zero-order valence-electron chi connectivity index (χ0n) is 25.0. The van der Waals surface area contributed by atoms with Gasteiger partial charge in [0.15, 0.2) is 0 Å². The van der Waals surface area contributed by atoms with Crippen LogP contribution in [0.3, 0.4) is 0 Å². The maximum Gasteiger partial charge on any atom is 0.332 e. The van der Waals surface area contributed by atoms with Gasteiger partial charge in [0.1, 0.15) is 36.3 Å². The number of alkyl halides is 1. The van der Waals surface area contributed by atoms with E-state index in [2.05, 4.69) is 11.1 Å². The standard InChI is InChI=1S/C34H37F3N2O4/c1-5-42-31(40)19-41-17-22-10-11-38-24(13-22)18-43-25-15-29(35)32(30(36)16-25)33-28-14-23-8-6-7-9-26(23)27(28)12-21(2)39(33)20-34(3,4)37/h6-11,13,15-16,21,33H,5,12,14,17-20H2,1-4H3/t21-,33+/m1/s1. The fraction of sp³-hybridized carbons (Fsp3) is 0.412. The number of benzene rings is 2. The second-order valence-electron chi connectivity index (χ2n) is 11.7. The van der Waals surface area contributed by atoms with E-state index in [1.807, 2.05) is 30.0 Å². The molecule has 2 aliphatic rings. The number of carbonyl (C=O) groups is 1. The van der Waals surface area contributed by atoms with Crippen LogP contribution in [0.1, 0.15) is 68.1 Å². The van der Waals surface area contributed by atoms with Gasteiger partial charge in [-0.3, -0.25) is 9.88 Å². The van der Waals surface area contributed by atoms with E-state index in [1.165, 1.54) is 26.0 Å². The molecule has 0 saturated carbocycles. The third-order valence-electron chi connectivity index (χ3n) is 7.78. The topological polar surface area (TPSA) is 60.9 Å². The number of ether oxygens (including phenoxy) is 3. The van der Waals surface area contributed by atoms with E-state index in [-0.39, 0.29) is 50.3 Å². The largest absolute Gasteiger partial charge is 0.487 e. The highest BCUT2D eigenvalue weighted by molar-refractivity contribution is 5.79. The summed E-state index contributed by atoms with van der Waals surface area (Å²) >= 11 is 0. The minimum Gasteiger partial charge on any atom is -0.487 e. The maximum absolute atomic E-state index is 15.9. The van der Waals surface area contributed by atoms with Gasteiger partial charge in [-0.05, 0) is 80.5 Å². The van der Waals surface area contributed by atoms with Crippen LogP contribution in [0.2, 0.25) is 0 Å². The van der Waals surface area contributed by atoms with Crippen molar-refractivity contribution in [2.24, 2.45) is 0 Å². The maximum atomic E-state index is 15.9. The molecule has 9 heteroatoms. The summed E-state index contributed by atoms with van der Waals surface area (Å²) in [5.41, 5.74) is 3.87. The molecule has 0 fully saturated rings. The van der Waals surface area contributed by atoms with Gasteiger partial charge in [0.05, 0.1) is 24.9 Å². The van der Waals surface area contributed by atoms with Gasteiger partial charge < -0.3 is 14.2 Å². The van der Waals surface area contributed by atoms with Crippen molar-refractivity contribution in [1.82, 2.24) is 9.88 Å². The van der Waals surface area contributed by atoms with Crippen LogP contribution in [0.4, 0.5) is 13.2 Å². The van der Waals surface area contributed by atoms with E-state index in [0.29, 0.717) is 18.5 Å². The third kappa shape index (κ3) is 7.11. The van der Waals surface area contributed by atoms with E-state index < -0.39 is 29.3 Å². The molecule has 5 rings (SSSR count). The summed E-state index contributed by atoms with van der Waals surface area (Å²) in [6, 6.07) is 13.0. The molecular weight excluding hydrogens is 557 g/mol. The van der Waals surface area contributed by atoms with Gasteiger partial charge in [-0.15, -0.1) is 0 Å². The van der Waals surface area contributed by atoms with Crippen molar-refractivity contribution in [2.75, 3.05) is 19.8 Å². The monoisotopic (exact) mass is 594 g/mol. The minimum atomic E-state index is -1.56. The molecule has 0 saturated heterocycles. The van der Waals surface area contributed by atoms with Crippen LogP contribution >= 0.6 is 0 Å². The SMILES string of the molecule is CCOC(=O)COCc1ccnc(COc2cc(F)c([C@@H]3C4=C(C[C@@H](C)N3CC(C)(C)F)c3ccccc3C4)c(F)c2)c1. The first kappa shape index (κ1) is 30.8. The summed E-state index contributed by atoms with van der Waals surface area (Å²) in [6.45, 7) is 6.97. The summed E-state index contributed by atoms with van der Waals surface area (Å²) in [5, 5.41) is 0. The Hall–Kier alpha value is -3.69. The smallest absolute Gasteiger partial charge is 0.332 e. The number of pyridine rings is 1. The molecule has 2 heterocycles. The summed E-state index contributed by atoms with van der Waals surface area (Å²) in [7, 11) is 0. The van der Waals surface area contributed by atoms with Gasteiger partial charge >= 0.3 is 5.97 Å². The molecule has 2 aromatic carbocycles. The second-order valence-corrected chi connectivity index (χ2v) is 11.7. The quantitative estimate of drug-likeness (QED) is 0.225. The number of nitrogens with zero attached hydrogens (tertiary/aromatic N) is 2. The van der Waals surface area contributed by atoms with Crippen LogP contribution in [0.5, 0.6) is 5.75 Å². The number of carbonyl (C=O) groups excluding carboxylic acids is 1. The third-order valence-corrected chi connectivity index (χ3v) is 7.78. The molecule has 3 aromatic rings. The first-order valence-electron chi connectivity index (χ1n) is 14.6. The molecule has 6 nitrogen and oxygen atoms in total. The lowest BCUT2D eigenvalue weighted by molar-refractivity contribution is -0.148. The Balaban J connectivity index is 1.37. The first-order chi connectivity index (χ1) is 20.5. The molecule has 0 amide bonds. The van der Waals surface area contributed by atoms with Crippen molar-refractivity contribution in [3.63, 3.8) is 0 Å². The predicted molar refractivity (Wildman–Crippen MR) is 157 cm³/mol. The lowest BCUT2D eigenvalue weighted by Crippen LogP contribution is -2.47. The van der Waals surface area contributed by atoms with Crippen molar-refractivity contribution in [1.29, 1.82) is 0 Å². The number of aromatic nitrogens is 1. The van der Waals surface area contributed by atoms with Gasteiger partial charge in [-0.2, -0.15) is 0 Å². The van der Waals surface area contributed by atoms with Gasteiger partial charge in [-0.1, -0.05) is 24.3 Å². The van der Waals surface area contributed by atoms with Crippen LogP contribution in [0.15, 0.2) is 60.3 Å². The van der Waals surface area contributed by atoms with Crippen LogP contribution in [0.25, 0.3) is 5.57 Å². The van der Waals surface area contributed by atoms with Crippen molar-refractivity contribution in [3.8, 4) is 5.75 Å². The van der Waals surface area contributed by atoms with Crippen molar-refractivity contribution < 1.29 is 32.2 Å². The summed E-state index contributed by atoms with van der Waals surface area (Å²) in [5.74, 6) is -1.91. The Kier molecular flexibility index (Phi) is 9.22. The number of rotatable bonds is 11. The zero-order valence-corrected chi connectivity index (χ0v) is 25.0. The Bertz CT molecular complexity index is 1490. The molecule has 1 aliphatic heterocycles. The van der Waals surface area contributed by atoms with Crippen LogP contribution in [-0.4, -0.2) is 47.3 Å². The average Bonchev–Trinajstić information content (AvgIpc) is 3.31. The number of esters is 1. The highest BCUT2D eigenvalue weighted by Gasteiger charge is 2.43. The van der Waals surface area contributed by atoms with E-state index in [0.717, 1.165) is 27.8 Å². The summed E-state index contributed by atoms with van der Waals surface area (Å²) < 4.78 is 62.9. The fourth-order valence-corrected chi connectivity index (χ4v) is 6.06. The number of halogens is 3. The molecule has 0 spiro atoms. The van der Waals surface area contributed by atoms with Gasteiger partial charge in [-0.25, -0.2) is 18.0 Å². The lowest BCUT2D eigenvalue weighted by atomic mass is 9.84. The summed E-state index contributed by atoms with van der Waals surface area (Å²) in [4.78, 5) is 17.6. The number of fused-ring (bicyclic) bond motifs is 2. The lowest BCUT2D eigenvalue weighted by Gasteiger charge is -2.44. The Labute approximate surface area is 250 Å². The normalized spacial score (nSPS) is 18.4. The predicted octanol–water partition coefficient (Wildman–Crippen LogP) is 6.91. The summed E-state index contributed by atoms with van der Waals surface area (Å²) in [6.07, 6.45) is 2.82. The second kappa shape index (κ2) is 12.9. The molecule has 1 aliphatic carbocycles. The van der Waals surface area contributed by atoms with E-state index in [1.54, 1.807) is 25.3 Å². The van der Waals surface area contributed by atoms with E-state index in [9.17, 15) is 4.79 Å².